The molecule has 0 spiro atoms. The number of aromatic nitrogens is 2. The molecule has 3 rings (SSSR count). The molecule has 1 aliphatic heterocycles. The quantitative estimate of drug-likeness (QED) is 0.790. The van der Waals surface area contributed by atoms with Crippen molar-refractivity contribution in [3.63, 3.8) is 0 Å². The van der Waals surface area contributed by atoms with Crippen LogP contribution in [-0.4, -0.2) is 41.6 Å². The summed E-state index contributed by atoms with van der Waals surface area (Å²) in [6.07, 6.45) is 4.29. The first-order valence-electron chi connectivity index (χ1n) is 7.69. The Hall–Kier alpha value is -2.70. The van der Waals surface area contributed by atoms with Crippen molar-refractivity contribution in [3.05, 3.63) is 42.7 Å². The van der Waals surface area contributed by atoms with Gasteiger partial charge in [0.2, 0.25) is 0 Å². The van der Waals surface area contributed by atoms with Gasteiger partial charge in [-0.2, -0.15) is 5.10 Å². The number of para-hydroxylation sites is 2. The van der Waals surface area contributed by atoms with Crippen LogP contribution in [0.2, 0.25) is 0 Å². The number of rotatable bonds is 6. The summed E-state index contributed by atoms with van der Waals surface area (Å²) in [6, 6.07) is 9.20. The molecule has 0 unspecified atom stereocenters. The zero-order chi connectivity index (χ0) is 15.9. The maximum atomic E-state index is 11.8. The number of carbonyl (C=O) groups is 1. The lowest BCUT2D eigenvalue weighted by Crippen LogP contribution is -2.44. The molecule has 1 aliphatic rings. The third-order valence-corrected chi connectivity index (χ3v) is 3.47. The van der Waals surface area contributed by atoms with Crippen LogP contribution in [0.25, 0.3) is 0 Å². The van der Waals surface area contributed by atoms with Gasteiger partial charge in [-0.15, -0.1) is 0 Å². The molecule has 0 saturated heterocycles. The number of hydrogen-bond donors (Lipinski definition) is 2. The number of hydrogen-bond acceptors (Lipinski definition) is 4. The molecule has 0 fully saturated rings. The first-order valence-corrected chi connectivity index (χ1v) is 7.69. The predicted molar refractivity (Wildman–Crippen MR) is 84.6 cm³/mol. The number of fused-ring (bicyclic) bond motifs is 1. The zero-order valence-electron chi connectivity index (χ0n) is 12.8. The first kappa shape index (κ1) is 15.2. The smallest absolute Gasteiger partial charge is 0.314 e. The van der Waals surface area contributed by atoms with Crippen molar-refractivity contribution >= 4 is 6.03 Å². The Morgan fingerprint density at radius 1 is 1.26 bits per heavy atom. The topological polar surface area (TPSA) is 77.4 Å². The molecule has 1 aromatic heterocycles. The van der Waals surface area contributed by atoms with Gasteiger partial charge in [0.15, 0.2) is 17.6 Å². The molecule has 7 heteroatoms. The fraction of sp³-hybridized carbons (Fsp3) is 0.375. The number of nitrogens with one attached hydrogen (secondary N) is 2. The molecule has 0 saturated carbocycles. The molecule has 2 aromatic rings. The molecule has 0 aliphatic carbocycles. The zero-order valence-corrected chi connectivity index (χ0v) is 12.8. The van der Waals surface area contributed by atoms with Crippen molar-refractivity contribution in [1.29, 1.82) is 0 Å². The van der Waals surface area contributed by atoms with Crippen LogP contribution in [0.1, 0.15) is 6.42 Å². The fourth-order valence-electron chi connectivity index (χ4n) is 2.31. The highest BCUT2D eigenvalue weighted by Gasteiger charge is 2.20. The van der Waals surface area contributed by atoms with Crippen LogP contribution in [0.3, 0.4) is 0 Å². The standard InChI is InChI=1S/C16H20N4O3/c21-16(17-7-3-9-20-10-4-8-19-20)18-11-13-12-22-14-5-1-2-6-15(14)23-13/h1-2,4-6,8,10,13H,3,7,9,11-12H2,(H2,17,18,21)/t13-/m0/s1. The van der Waals surface area contributed by atoms with E-state index in [1.165, 1.54) is 0 Å². The number of carbonyl (C=O) groups excluding carboxylic acids is 1. The van der Waals surface area contributed by atoms with Crippen molar-refractivity contribution in [2.45, 2.75) is 19.1 Å². The van der Waals surface area contributed by atoms with Crippen LogP contribution >= 0.6 is 0 Å². The summed E-state index contributed by atoms with van der Waals surface area (Å²) >= 11 is 0. The second-order valence-electron chi connectivity index (χ2n) is 5.26. The van der Waals surface area contributed by atoms with Crippen molar-refractivity contribution in [2.75, 3.05) is 19.7 Å². The van der Waals surface area contributed by atoms with Gasteiger partial charge in [0, 0.05) is 25.5 Å². The van der Waals surface area contributed by atoms with Gasteiger partial charge in [-0.3, -0.25) is 4.68 Å². The molecule has 0 radical (unpaired) electrons. The summed E-state index contributed by atoms with van der Waals surface area (Å²) in [5, 5.41) is 9.72. The Kier molecular flexibility index (Phi) is 4.98. The van der Waals surface area contributed by atoms with Crippen LogP contribution in [0.4, 0.5) is 4.79 Å². The lowest BCUT2D eigenvalue weighted by Gasteiger charge is -2.26. The van der Waals surface area contributed by atoms with Gasteiger partial charge in [-0.1, -0.05) is 12.1 Å². The minimum absolute atomic E-state index is 0.181. The van der Waals surface area contributed by atoms with E-state index in [4.69, 9.17) is 9.47 Å². The summed E-state index contributed by atoms with van der Waals surface area (Å²) < 4.78 is 13.2. The van der Waals surface area contributed by atoms with Crippen molar-refractivity contribution in [1.82, 2.24) is 20.4 Å². The highest BCUT2D eigenvalue weighted by atomic mass is 16.6. The van der Waals surface area contributed by atoms with E-state index in [-0.39, 0.29) is 12.1 Å². The molecule has 1 atom stereocenters. The van der Waals surface area contributed by atoms with Gasteiger partial charge in [-0.25, -0.2) is 4.79 Å². The van der Waals surface area contributed by atoms with Gasteiger partial charge in [-0.05, 0) is 24.6 Å². The summed E-state index contributed by atoms with van der Waals surface area (Å²) in [5.41, 5.74) is 0. The number of aryl methyl sites for hydroxylation is 1. The van der Waals surface area contributed by atoms with E-state index < -0.39 is 0 Å². The summed E-state index contributed by atoms with van der Waals surface area (Å²) in [4.78, 5) is 11.8. The lowest BCUT2D eigenvalue weighted by atomic mass is 10.2. The van der Waals surface area contributed by atoms with Crippen LogP contribution < -0.4 is 20.1 Å². The molecule has 2 N–H and O–H groups in total. The predicted octanol–water partition coefficient (Wildman–Crippen LogP) is 1.41. The average Bonchev–Trinajstić information content (AvgIpc) is 3.10. The van der Waals surface area contributed by atoms with Crippen LogP contribution in [0, 0.1) is 0 Å². The molecule has 1 aromatic carbocycles. The molecule has 0 bridgehead atoms. The first-order chi connectivity index (χ1) is 11.3. The number of amides is 2. The van der Waals surface area contributed by atoms with Crippen LogP contribution in [0.5, 0.6) is 11.5 Å². The minimum atomic E-state index is -0.201. The summed E-state index contributed by atoms with van der Waals surface area (Å²) in [7, 11) is 0. The van der Waals surface area contributed by atoms with Gasteiger partial charge in [0.1, 0.15) is 6.61 Å². The molecule has 122 valence electrons. The maximum absolute atomic E-state index is 11.8. The van der Waals surface area contributed by atoms with Gasteiger partial charge in [0.25, 0.3) is 0 Å². The largest absolute Gasteiger partial charge is 0.486 e. The second kappa shape index (κ2) is 7.53. The highest BCUT2D eigenvalue weighted by molar-refractivity contribution is 5.73. The van der Waals surface area contributed by atoms with Crippen LogP contribution in [0.15, 0.2) is 42.7 Å². The van der Waals surface area contributed by atoms with Crippen molar-refractivity contribution in [3.8, 4) is 11.5 Å². The fourth-order valence-corrected chi connectivity index (χ4v) is 2.31. The second-order valence-corrected chi connectivity index (χ2v) is 5.26. The molecular formula is C16H20N4O3. The summed E-state index contributed by atoms with van der Waals surface area (Å²) in [6.45, 7) is 2.20. The number of benzene rings is 1. The number of ether oxygens (including phenoxy) is 2. The monoisotopic (exact) mass is 316 g/mol. The van der Waals surface area contributed by atoms with Gasteiger partial charge < -0.3 is 20.1 Å². The Labute approximate surface area is 134 Å². The molecule has 7 nitrogen and oxygen atoms in total. The Balaban J connectivity index is 1.32. The van der Waals surface area contributed by atoms with E-state index in [1.807, 2.05) is 41.2 Å². The van der Waals surface area contributed by atoms with E-state index >= 15 is 0 Å². The lowest BCUT2D eigenvalue weighted by molar-refractivity contribution is 0.0918. The van der Waals surface area contributed by atoms with Crippen molar-refractivity contribution in [2.24, 2.45) is 0 Å². The Morgan fingerprint density at radius 2 is 2.13 bits per heavy atom. The van der Waals surface area contributed by atoms with E-state index in [9.17, 15) is 4.79 Å². The third kappa shape index (κ3) is 4.38. The molecule has 2 heterocycles. The Morgan fingerprint density at radius 3 is 2.96 bits per heavy atom. The van der Waals surface area contributed by atoms with Crippen molar-refractivity contribution < 1.29 is 14.3 Å². The normalized spacial score (nSPS) is 15.9. The van der Waals surface area contributed by atoms with E-state index in [0.29, 0.717) is 25.4 Å². The minimum Gasteiger partial charge on any atom is -0.486 e. The highest BCUT2D eigenvalue weighted by Crippen LogP contribution is 2.30. The molecule has 2 amide bonds. The van der Waals surface area contributed by atoms with Gasteiger partial charge >= 0.3 is 6.03 Å². The van der Waals surface area contributed by atoms with Crippen LogP contribution in [-0.2, 0) is 6.54 Å². The van der Waals surface area contributed by atoms with Gasteiger partial charge in [0.05, 0.1) is 6.54 Å². The summed E-state index contributed by atoms with van der Waals surface area (Å²) in [5.74, 6) is 1.46. The number of nitrogens with zero attached hydrogens (tertiary/aromatic N) is 2. The SMILES string of the molecule is O=C(NCCCn1cccn1)NC[C@H]1COc2ccccc2O1. The van der Waals surface area contributed by atoms with E-state index in [0.717, 1.165) is 18.7 Å². The van der Waals surface area contributed by atoms with E-state index in [2.05, 4.69) is 15.7 Å². The van der Waals surface area contributed by atoms with E-state index in [1.54, 1.807) is 6.20 Å². The average molecular weight is 316 g/mol. The molecular weight excluding hydrogens is 296 g/mol. The maximum Gasteiger partial charge on any atom is 0.314 e. The molecule has 23 heavy (non-hydrogen) atoms. The number of urea groups is 1. The third-order valence-electron chi connectivity index (χ3n) is 3.47. The Bertz CT molecular complexity index is 630.